The summed E-state index contributed by atoms with van der Waals surface area (Å²) in [6, 6.07) is 5.93. The SMILES string of the molecule is Cc1ncsc1C(=O)N1CCCCc2cccc(n2)NCCNC(=O)C1. The number of nitrogens with one attached hydrogen (secondary N) is 2. The fourth-order valence-corrected chi connectivity index (χ4v) is 3.62. The summed E-state index contributed by atoms with van der Waals surface area (Å²) in [6.07, 6.45) is 2.57. The maximum Gasteiger partial charge on any atom is 0.266 e. The zero-order valence-electron chi connectivity index (χ0n) is 14.8. The Labute approximate surface area is 156 Å². The molecule has 3 heterocycles. The number of rotatable bonds is 1. The van der Waals surface area contributed by atoms with Gasteiger partial charge in [0, 0.05) is 25.3 Å². The van der Waals surface area contributed by atoms with E-state index in [2.05, 4.69) is 20.6 Å². The summed E-state index contributed by atoms with van der Waals surface area (Å²) in [7, 11) is 0. The quantitative estimate of drug-likeness (QED) is 0.797. The Morgan fingerprint density at radius 3 is 2.88 bits per heavy atom. The van der Waals surface area contributed by atoms with Crippen molar-refractivity contribution in [2.75, 3.05) is 31.5 Å². The van der Waals surface area contributed by atoms with Crippen LogP contribution >= 0.6 is 11.3 Å². The minimum Gasteiger partial charge on any atom is -0.368 e. The average molecular weight is 373 g/mol. The molecule has 26 heavy (non-hydrogen) atoms. The Morgan fingerprint density at radius 2 is 2.08 bits per heavy atom. The van der Waals surface area contributed by atoms with Crippen LogP contribution in [0.2, 0.25) is 0 Å². The van der Waals surface area contributed by atoms with Crippen LogP contribution in [0.25, 0.3) is 0 Å². The molecule has 0 aromatic carbocycles. The van der Waals surface area contributed by atoms with Gasteiger partial charge < -0.3 is 15.5 Å². The first-order valence-electron chi connectivity index (χ1n) is 8.79. The lowest BCUT2D eigenvalue weighted by Crippen LogP contribution is -2.42. The molecule has 0 saturated carbocycles. The Morgan fingerprint density at radius 1 is 1.23 bits per heavy atom. The van der Waals surface area contributed by atoms with Crippen molar-refractivity contribution in [3.8, 4) is 0 Å². The van der Waals surface area contributed by atoms with Crippen LogP contribution in [0.5, 0.6) is 0 Å². The Bertz CT molecular complexity index is 776. The van der Waals surface area contributed by atoms with Crippen molar-refractivity contribution >= 4 is 29.0 Å². The Balaban J connectivity index is 1.71. The third kappa shape index (κ3) is 4.78. The van der Waals surface area contributed by atoms with E-state index < -0.39 is 0 Å². The first kappa shape index (κ1) is 18.3. The number of hydrogen-bond acceptors (Lipinski definition) is 6. The molecule has 2 bridgehead atoms. The van der Waals surface area contributed by atoms with Crippen molar-refractivity contribution in [1.82, 2.24) is 20.2 Å². The van der Waals surface area contributed by atoms with Crippen molar-refractivity contribution in [1.29, 1.82) is 0 Å². The fourth-order valence-electron chi connectivity index (χ4n) is 2.85. The number of aryl methyl sites for hydroxylation is 2. The van der Waals surface area contributed by atoms with Crippen LogP contribution in [-0.4, -0.2) is 52.9 Å². The van der Waals surface area contributed by atoms with Gasteiger partial charge in [-0.15, -0.1) is 11.3 Å². The molecular weight excluding hydrogens is 350 g/mol. The summed E-state index contributed by atoms with van der Waals surface area (Å²) in [5, 5.41) is 6.06. The van der Waals surface area contributed by atoms with E-state index in [4.69, 9.17) is 0 Å². The predicted octanol–water partition coefficient (Wildman–Crippen LogP) is 1.85. The smallest absolute Gasteiger partial charge is 0.266 e. The van der Waals surface area contributed by atoms with Gasteiger partial charge in [-0.3, -0.25) is 9.59 Å². The molecule has 3 rings (SSSR count). The third-order valence-electron chi connectivity index (χ3n) is 4.23. The molecule has 0 radical (unpaired) electrons. The first-order valence-corrected chi connectivity index (χ1v) is 9.67. The zero-order chi connectivity index (χ0) is 18.4. The molecule has 7 nitrogen and oxygen atoms in total. The van der Waals surface area contributed by atoms with Gasteiger partial charge in [0.05, 0.1) is 17.7 Å². The highest BCUT2D eigenvalue weighted by Crippen LogP contribution is 2.16. The van der Waals surface area contributed by atoms with Crippen LogP contribution in [0, 0.1) is 6.92 Å². The van der Waals surface area contributed by atoms with Crippen LogP contribution in [-0.2, 0) is 11.2 Å². The monoisotopic (exact) mass is 373 g/mol. The number of anilines is 1. The van der Waals surface area contributed by atoms with Gasteiger partial charge in [0.1, 0.15) is 10.7 Å². The second-order valence-corrected chi connectivity index (χ2v) is 7.10. The molecule has 0 unspecified atom stereocenters. The number of aromatic nitrogens is 2. The van der Waals surface area contributed by atoms with Crippen LogP contribution < -0.4 is 10.6 Å². The molecule has 0 aliphatic carbocycles. The van der Waals surface area contributed by atoms with E-state index in [1.54, 1.807) is 10.4 Å². The molecule has 0 atom stereocenters. The van der Waals surface area contributed by atoms with E-state index >= 15 is 0 Å². The number of thiazole rings is 1. The largest absolute Gasteiger partial charge is 0.368 e. The number of pyridine rings is 1. The lowest BCUT2D eigenvalue weighted by Gasteiger charge is -2.22. The van der Waals surface area contributed by atoms with Crippen molar-refractivity contribution in [3.63, 3.8) is 0 Å². The molecule has 1 aliphatic heterocycles. The second kappa shape index (κ2) is 8.75. The molecule has 138 valence electrons. The van der Waals surface area contributed by atoms with Gasteiger partial charge in [0.15, 0.2) is 0 Å². The summed E-state index contributed by atoms with van der Waals surface area (Å²) in [6.45, 7) is 3.50. The van der Waals surface area contributed by atoms with Gasteiger partial charge in [0.25, 0.3) is 5.91 Å². The molecule has 1 aliphatic rings. The minimum atomic E-state index is -0.152. The summed E-state index contributed by atoms with van der Waals surface area (Å²) >= 11 is 1.32. The highest BCUT2D eigenvalue weighted by atomic mass is 32.1. The average Bonchev–Trinajstić information content (AvgIpc) is 3.06. The lowest BCUT2D eigenvalue weighted by atomic mass is 10.1. The summed E-state index contributed by atoms with van der Waals surface area (Å²) in [5.41, 5.74) is 3.41. The van der Waals surface area contributed by atoms with Crippen LogP contribution in [0.15, 0.2) is 23.7 Å². The third-order valence-corrected chi connectivity index (χ3v) is 5.15. The van der Waals surface area contributed by atoms with E-state index in [0.29, 0.717) is 30.2 Å². The lowest BCUT2D eigenvalue weighted by molar-refractivity contribution is -0.121. The van der Waals surface area contributed by atoms with Gasteiger partial charge in [-0.25, -0.2) is 9.97 Å². The molecule has 8 heteroatoms. The zero-order valence-corrected chi connectivity index (χ0v) is 15.6. The highest BCUT2D eigenvalue weighted by Gasteiger charge is 2.21. The van der Waals surface area contributed by atoms with E-state index in [-0.39, 0.29) is 18.4 Å². The van der Waals surface area contributed by atoms with Crippen LogP contribution in [0.4, 0.5) is 5.82 Å². The molecule has 2 aromatic heterocycles. The summed E-state index contributed by atoms with van der Waals surface area (Å²) in [4.78, 5) is 36.0. The number of carbonyl (C=O) groups is 2. The summed E-state index contributed by atoms with van der Waals surface area (Å²) < 4.78 is 0. The number of hydrogen-bond donors (Lipinski definition) is 2. The van der Waals surface area contributed by atoms with E-state index in [0.717, 1.165) is 30.8 Å². The fraction of sp³-hybridized carbons (Fsp3) is 0.444. The van der Waals surface area contributed by atoms with Crippen molar-refractivity contribution in [2.45, 2.75) is 26.2 Å². The first-order chi connectivity index (χ1) is 12.6. The molecule has 2 amide bonds. The number of amides is 2. The van der Waals surface area contributed by atoms with Gasteiger partial charge in [-0.05, 0) is 38.3 Å². The van der Waals surface area contributed by atoms with Crippen molar-refractivity contribution in [3.05, 3.63) is 40.0 Å². The Hall–Kier alpha value is -2.48. The predicted molar refractivity (Wildman–Crippen MR) is 101 cm³/mol. The van der Waals surface area contributed by atoms with Gasteiger partial charge in [-0.1, -0.05) is 6.07 Å². The molecule has 0 saturated heterocycles. The van der Waals surface area contributed by atoms with E-state index in [1.807, 2.05) is 25.1 Å². The van der Waals surface area contributed by atoms with Gasteiger partial charge in [0.2, 0.25) is 5.91 Å². The van der Waals surface area contributed by atoms with Crippen molar-refractivity contribution in [2.24, 2.45) is 0 Å². The molecule has 2 aromatic rings. The molecular formula is C18H23N5O2S. The number of nitrogens with zero attached hydrogens (tertiary/aromatic N) is 3. The molecule has 0 fully saturated rings. The number of fused-ring (bicyclic) bond motifs is 2. The minimum absolute atomic E-state index is 0.0692. The Kier molecular flexibility index (Phi) is 6.17. The van der Waals surface area contributed by atoms with Crippen molar-refractivity contribution < 1.29 is 9.59 Å². The van der Waals surface area contributed by atoms with E-state index in [9.17, 15) is 9.59 Å². The van der Waals surface area contributed by atoms with Crippen LogP contribution in [0.1, 0.15) is 33.9 Å². The number of carbonyl (C=O) groups excluding carboxylic acids is 2. The topological polar surface area (TPSA) is 87.2 Å². The maximum atomic E-state index is 12.8. The summed E-state index contributed by atoms with van der Waals surface area (Å²) in [5.74, 6) is 0.554. The highest BCUT2D eigenvalue weighted by molar-refractivity contribution is 7.11. The van der Waals surface area contributed by atoms with Gasteiger partial charge in [-0.2, -0.15) is 0 Å². The second-order valence-electron chi connectivity index (χ2n) is 6.24. The van der Waals surface area contributed by atoms with Crippen LogP contribution in [0.3, 0.4) is 0 Å². The standard InChI is InChI=1S/C18H23N5O2S/c1-13-17(26-12-21-13)18(25)23-10-3-2-5-14-6-4-7-15(22-14)19-8-9-20-16(24)11-23/h4,6-7,12H,2-3,5,8-11H2,1H3,(H,19,22)(H,20,24). The molecule has 0 spiro atoms. The van der Waals surface area contributed by atoms with Gasteiger partial charge >= 0.3 is 0 Å². The molecule has 2 N–H and O–H groups in total. The normalized spacial score (nSPS) is 16.3. The van der Waals surface area contributed by atoms with E-state index in [1.165, 1.54) is 11.3 Å². The maximum absolute atomic E-state index is 12.8.